The molecule has 1 N–H and O–H groups in total. The van der Waals surface area contributed by atoms with Gasteiger partial charge in [-0.05, 0) is 54.5 Å². The molecule has 2 aromatic carbocycles. The largest absolute Gasteiger partial charge is 0.388 e. The molecule has 0 atom stereocenters. The topological polar surface area (TPSA) is 36.9 Å². The quantitative estimate of drug-likeness (QED) is 0.810. The van der Waals surface area contributed by atoms with Crippen LogP contribution >= 0.6 is 0 Å². The maximum atomic E-state index is 5.33. The minimum absolute atomic E-state index is 0.688. The van der Waals surface area contributed by atoms with E-state index in [4.69, 9.17) is 4.84 Å². The highest BCUT2D eigenvalue weighted by atomic mass is 16.6. The summed E-state index contributed by atoms with van der Waals surface area (Å²) < 4.78 is 0. The van der Waals surface area contributed by atoms with Gasteiger partial charge in [-0.3, -0.25) is 0 Å². The fourth-order valence-electron chi connectivity index (χ4n) is 2.40. The van der Waals surface area contributed by atoms with Gasteiger partial charge >= 0.3 is 0 Å². The molecule has 0 bridgehead atoms. The second-order valence-corrected chi connectivity index (χ2v) is 6.35. The van der Waals surface area contributed by atoms with E-state index in [9.17, 15) is 0 Å². The van der Waals surface area contributed by atoms with Crippen LogP contribution in [-0.4, -0.2) is 27.4 Å². The van der Waals surface area contributed by atoms with Crippen LogP contribution in [0.3, 0.4) is 0 Å². The number of nitrogens with zero attached hydrogens (tertiary/aromatic N) is 2. The summed E-state index contributed by atoms with van der Waals surface area (Å²) in [5.41, 5.74) is 5.44. The van der Waals surface area contributed by atoms with Gasteiger partial charge in [-0.2, -0.15) is 0 Å². The number of nitrogens with one attached hydrogen (secondary N) is 1. The van der Waals surface area contributed by atoms with Gasteiger partial charge in [0.2, 0.25) is 0 Å². The van der Waals surface area contributed by atoms with Crippen molar-refractivity contribution in [3.05, 3.63) is 90.0 Å². The summed E-state index contributed by atoms with van der Waals surface area (Å²) in [6, 6.07) is 16.4. The summed E-state index contributed by atoms with van der Waals surface area (Å²) in [6.07, 6.45) is 7.13. The van der Waals surface area contributed by atoms with Crippen molar-refractivity contribution in [2.75, 3.05) is 31.4 Å². The normalized spacial score (nSPS) is 17.0. The van der Waals surface area contributed by atoms with E-state index in [0.29, 0.717) is 5.76 Å². The lowest BCUT2D eigenvalue weighted by Crippen LogP contribution is -2.08. The van der Waals surface area contributed by atoms with Gasteiger partial charge in [-0.1, -0.05) is 42.1 Å². The average molecular weight is 361 g/mol. The van der Waals surface area contributed by atoms with Crippen molar-refractivity contribution in [2.24, 2.45) is 5.16 Å². The zero-order valence-corrected chi connectivity index (χ0v) is 16.4. The summed E-state index contributed by atoms with van der Waals surface area (Å²) >= 11 is 0. The van der Waals surface area contributed by atoms with Crippen LogP contribution < -0.4 is 10.2 Å². The summed E-state index contributed by atoms with van der Waals surface area (Å²) in [4.78, 5) is 7.43. The molecule has 0 aromatic heterocycles. The van der Waals surface area contributed by atoms with Crippen molar-refractivity contribution >= 4 is 23.3 Å². The Labute approximate surface area is 162 Å². The standard InChI is InChI=1S/C14H14N2O.C9H13N/c1-11-5-4-8-16-17-14(9-11)12-6-3-7-13(10-12)15-2;1-8-5-4-6-9(7-8)10(2)3/h3-10,15H,1H2,2H3;4-7H,1-3H3/b5-4-,14-9-,16-8-;. The van der Waals surface area contributed by atoms with Crippen LogP contribution in [0.4, 0.5) is 11.4 Å². The highest BCUT2D eigenvalue weighted by Crippen LogP contribution is 2.22. The van der Waals surface area contributed by atoms with E-state index in [1.807, 2.05) is 43.5 Å². The Morgan fingerprint density at radius 3 is 2.52 bits per heavy atom. The van der Waals surface area contributed by atoms with Crippen LogP contribution in [0, 0.1) is 6.92 Å². The third-order valence-electron chi connectivity index (χ3n) is 3.88. The number of hydrogen-bond donors (Lipinski definition) is 1. The fourth-order valence-corrected chi connectivity index (χ4v) is 2.40. The summed E-state index contributed by atoms with van der Waals surface area (Å²) in [6.45, 7) is 6.02. The zero-order chi connectivity index (χ0) is 19.6. The molecule has 0 aliphatic carbocycles. The number of oxime groups is 1. The Morgan fingerprint density at radius 1 is 1.07 bits per heavy atom. The Kier molecular flexibility index (Phi) is 7.44. The highest BCUT2D eigenvalue weighted by Gasteiger charge is 2.05. The summed E-state index contributed by atoms with van der Waals surface area (Å²) in [5.74, 6) is 0.688. The van der Waals surface area contributed by atoms with E-state index < -0.39 is 0 Å². The monoisotopic (exact) mass is 361 g/mol. The first-order valence-electron chi connectivity index (χ1n) is 8.79. The Morgan fingerprint density at radius 2 is 1.85 bits per heavy atom. The van der Waals surface area contributed by atoms with Crippen LogP contribution in [0.5, 0.6) is 0 Å². The number of hydrogen-bond acceptors (Lipinski definition) is 4. The smallest absolute Gasteiger partial charge is 0.165 e. The Hall–Kier alpha value is -3.27. The zero-order valence-electron chi connectivity index (χ0n) is 16.4. The molecule has 3 rings (SSSR count). The van der Waals surface area contributed by atoms with Crippen molar-refractivity contribution in [3.63, 3.8) is 0 Å². The lowest BCUT2D eigenvalue weighted by Gasteiger charge is -2.11. The van der Waals surface area contributed by atoms with Crippen molar-refractivity contribution in [2.45, 2.75) is 6.92 Å². The second kappa shape index (κ2) is 10.0. The molecule has 1 aliphatic heterocycles. The van der Waals surface area contributed by atoms with Gasteiger partial charge in [-0.15, -0.1) is 0 Å². The molecule has 4 heteroatoms. The highest BCUT2D eigenvalue weighted by molar-refractivity contribution is 5.75. The average Bonchev–Trinajstić information content (AvgIpc) is 2.65. The van der Waals surface area contributed by atoms with Gasteiger partial charge in [0, 0.05) is 38.1 Å². The van der Waals surface area contributed by atoms with Gasteiger partial charge in [0.25, 0.3) is 0 Å². The molecule has 2 aromatic rings. The SMILES string of the molecule is C=C1/C=C\C=N/O/C(c2cccc(NC)c2)=C\1.Cc1cccc(N(C)C)c1. The van der Waals surface area contributed by atoms with Gasteiger partial charge in [0.1, 0.15) is 0 Å². The van der Waals surface area contributed by atoms with Gasteiger partial charge in [0.15, 0.2) is 5.76 Å². The van der Waals surface area contributed by atoms with Crippen molar-refractivity contribution in [1.29, 1.82) is 0 Å². The number of rotatable bonds is 3. The molecular formula is C23H27N3O. The predicted octanol–water partition coefficient (Wildman–Crippen LogP) is 5.26. The van der Waals surface area contributed by atoms with Gasteiger partial charge < -0.3 is 15.1 Å². The minimum atomic E-state index is 0.688. The lowest BCUT2D eigenvalue weighted by atomic mass is 10.1. The van der Waals surface area contributed by atoms with Crippen LogP contribution in [0.25, 0.3) is 5.76 Å². The molecule has 0 saturated heterocycles. The molecule has 0 radical (unpaired) electrons. The van der Waals surface area contributed by atoms with Crippen LogP contribution in [0.15, 0.2) is 84.1 Å². The first kappa shape index (κ1) is 20.0. The van der Waals surface area contributed by atoms with E-state index in [1.54, 1.807) is 12.3 Å². The minimum Gasteiger partial charge on any atom is -0.388 e. The molecule has 4 nitrogen and oxygen atoms in total. The first-order chi connectivity index (χ1) is 13.0. The van der Waals surface area contributed by atoms with Gasteiger partial charge in [0.05, 0.1) is 6.21 Å². The van der Waals surface area contributed by atoms with Gasteiger partial charge in [-0.25, -0.2) is 0 Å². The molecular weight excluding hydrogens is 334 g/mol. The fraction of sp³-hybridized carbons (Fsp3) is 0.174. The number of benzene rings is 2. The summed E-state index contributed by atoms with van der Waals surface area (Å²) in [7, 11) is 5.98. The number of aryl methyl sites for hydroxylation is 1. The van der Waals surface area contributed by atoms with Crippen molar-refractivity contribution < 1.29 is 4.84 Å². The van der Waals surface area contributed by atoms with Crippen molar-refractivity contribution in [3.8, 4) is 0 Å². The lowest BCUT2D eigenvalue weighted by molar-refractivity contribution is 0.300. The van der Waals surface area contributed by atoms with Crippen LogP contribution in [-0.2, 0) is 4.84 Å². The Bertz CT molecular complexity index is 863. The number of anilines is 2. The Balaban J connectivity index is 0.000000223. The van der Waals surface area contributed by atoms with E-state index in [0.717, 1.165) is 16.8 Å². The maximum Gasteiger partial charge on any atom is 0.165 e. The molecule has 140 valence electrons. The van der Waals surface area contributed by atoms with E-state index in [1.165, 1.54) is 11.3 Å². The first-order valence-corrected chi connectivity index (χ1v) is 8.79. The maximum absolute atomic E-state index is 5.33. The molecule has 0 spiro atoms. The molecule has 1 heterocycles. The van der Waals surface area contributed by atoms with E-state index >= 15 is 0 Å². The summed E-state index contributed by atoms with van der Waals surface area (Å²) in [5, 5.41) is 6.92. The third kappa shape index (κ3) is 6.51. The molecule has 0 unspecified atom stereocenters. The number of allylic oxidation sites excluding steroid dienone is 4. The molecule has 27 heavy (non-hydrogen) atoms. The third-order valence-corrected chi connectivity index (χ3v) is 3.88. The van der Waals surface area contributed by atoms with E-state index in [-0.39, 0.29) is 0 Å². The molecule has 0 saturated carbocycles. The van der Waals surface area contributed by atoms with Crippen molar-refractivity contribution in [1.82, 2.24) is 0 Å². The van der Waals surface area contributed by atoms with Crippen LogP contribution in [0.2, 0.25) is 0 Å². The van der Waals surface area contributed by atoms with Crippen LogP contribution in [0.1, 0.15) is 11.1 Å². The molecule has 0 fully saturated rings. The molecule has 0 amide bonds. The predicted molar refractivity (Wildman–Crippen MR) is 117 cm³/mol. The second-order valence-electron chi connectivity index (χ2n) is 6.35. The van der Waals surface area contributed by atoms with E-state index in [2.05, 4.69) is 67.2 Å². The molecule has 1 aliphatic rings.